The van der Waals surface area contributed by atoms with Gasteiger partial charge in [-0.05, 0) is 24.3 Å². The Kier molecular flexibility index (Phi) is 3.66. The standard InChI is InChI=1S/C14H14FN3O/c1-18(10-6-3-2-4-7-10)17-14(19)13-11(15)8-5-9-12(13)16/h2-9H,16H2,1H3,(H,17,19). The predicted molar refractivity (Wildman–Crippen MR) is 73.1 cm³/mol. The number of nitrogens with one attached hydrogen (secondary N) is 1. The lowest BCUT2D eigenvalue weighted by molar-refractivity contribution is 0.0948. The summed E-state index contributed by atoms with van der Waals surface area (Å²) in [4.78, 5) is 12.0. The molecule has 4 nitrogen and oxygen atoms in total. The number of carbonyl (C=O) groups is 1. The Morgan fingerprint density at radius 3 is 2.47 bits per heavy atom. The largest absolute Gasteiger partial charge is 0.398 e. The van der Waals surface area contributed by atoms with E-state index in [4.69, 9.17) is 5.73 Å². The number of anilines is 2. The van der Waals surface area contributed by atoms with Gasteiger partial charge in [-0.25, -0.2) is 4.39 Å². The molecule has 19 heavy (non-hydrogen) atoms. The highest BCUT2D eigenvalue weighted by Crippen LogP contribution is 2.16. The number of hydrogen-bond donors (Lipinski definition) is 2. The van der Waals surface area contributed by atoms with Crippen LogP contribution >= 0.6 is 0 Å². The normalized spacial score (nSPS) is 10.0. The quantitative estimate of drug-likeness (QED) is 0.656. The van der Waals surface area contributed by atoms with Gasteiger partial charge < -0.3 is 5.73 Å². The van der Waals surface area contributed by atoms with E-state index in [-0.39, 0.29) is 11.3 Å². The molecular weight excluding hydrogens is 245 g/mol. The van der Waals surface area contributed by atoms with E-state index in [2.05, 4.69) is 5.43 Å². The molecule has 0 aliphatic heterocycles. The summed E-state index contributed by atoms with van der Waals surface area (Å²) in [7, 11) is 1.67. The van der Waals surface area contributed by atoms with Gasteiger partial charge in [0.2, 0.25) is 0 Å². The second-order valence-electron chi connectivity index (χ2n) is 4.04. The van der Waals surface area contributed by atoms with Gasteiger partial charge in [0.25, 0.3) is 5.91 Å². The van der Waals surface area contributed by atoms with Gasteiger partial charge in [-0.15, -0.1) is 0 Å². The lowest BCUT2D eigenvalue weighted by Crippen LogP contribution is -2.40. The predicted octanol–water partition coefficient (Wildman–Crippen LogP) is 2.19. The molecule has 1 amide bonds. The van der Waals surface area contributed by atoms with Crippen molar-refractivity contribution in [2.45, 2.75) is 0 Å². The first-order chi connectivity index (χ1) is 9.09. The van der Waals surface area contributed by atoms with Crippen molar-refractivity contribution in [1.82, 2.24) is 5.43 Å². The maximum Gasteiger partial charge on any atom is 0.274 e. The zero-order valence-electron chi connectivity index (χ0n) is 10.4. The Hall–Kier alpha value is -2.56. The summed E-state index contributed by atoms with van der Waals surface area (Å²) < 4.78 is 13.6. The molecule has 0 fully saturated rings. The number of benzene rings is 2. The number of halogens is 1. The monoisotopic (exact) mass is 259 g/mol. The number of amides is 1. The average molecular weight is 259 g/mol. The highest BCUT2D eigenvalue weighted by Gasteiger charge is 2.16. The minimum absolute atomic E-state index is 0.110. The molecule has 2 aromatic carbocycles. The molecule has 2 aromatic rings. The Labute approximate surface area is 110 Å². The number of rotatable bonds is 3. The number of hydrazine groups is 1. The van der Waals surface area contributed by atoms with Crippen LogP contribution in [-0.4, -0.2) is 13.0 Å². The van der Waals surface area contributed by atoms with Gasteiger partial charge in [0, 0.05) is 12.7 Å². The number of carbonyl (C=O) groups excluding carboxylic acids is 1. The molecule has 5 heteroatoms. The minimum atomic E-state index is -0.640. The highest BCUT2D eigenvalue weighted by molar-refractivity contribution is 6.00. The fourth-order valence-electron chi connectivity index (χ4n) is 1.70. The van der Waals surface area contributed by atoms with Crippen molar-refractivity contribution in [3.63, 3.8) is 0 Å². The first kappa shape index (κ1) is 12.9. The van der Waals surface area contributed by atoms with Gasteiger partial charge in [-0.1, -0.05) is 24.3 Å². The molecule has 0 saturated carbocycles. The number of nitrogen functional groups attached to an aromatic ring is 1. The molecule has 0 radical (unpaired) electrons. The SMILES string of the molecule is CN(NC(=O)c1c(N)cccc1F)c1ccccc1. The van der Waals surface area contributed by atoms with Gasteiger partial charge in [-0.2, -0.15) is 0 Å². The maximum atomic E-state index is 13.6. The van der Waals surface area contributed by atoms with Crippen molar-refractivity contribution in [3.8, 4) is 0 Å². The minimum Gasteiger partial charge on any atom is -0.398 e. The first-order valence-electron chi connectivity index (χ1n) is 5.73. The molecule has 0 aromatic heterocycles. The Balaban J connectivity index is 2.18. The van der Waals surface area contributed by atoms with Crippen LogP contribution in [0.3, 0.4) is 0 Å². The van der Waals surface area contributed by atoms with E-state index in [0.717, 1.165) is 5.69 Å². The molecule has 2 rings (SSSR count). The molecule has 0 bridgehead atoms. The van der Waals surface area contributed by atoms with Gasteiger partial charge in [0.05, 0.1) is 11.3 Å². The third kappa shape index (κ3) is 2.82. The summed E-state index contributed by atoms with van der Waals surface area (Å²) in [6.45, 7) is 0. The summed E-state index contributed by atoms with van der Waals surface area (Å²) in [6, 6.07) is 13.4. The van der Waals surface area contributed by atoms with Crippen LogP contribution in [0.15, 0.2) is 48.5 Å². The van der Waals surface area contributed by atoms with E-state index in [1.54, 1.807) is 7.05 Å². The van der Waals surface area contributed by atoms with Crippen molar-refractivity contribution in [1.29, 1.82) is 0 Å². The molecule has 0 aliphatic carbocycles. The van der Waals surface area contributed by atoms with Crippen molar-refractivity contribution >= 4 is 17.3 Å². The topological polar surface area (TPSA) is 58.4 Å². The summed E-state index contributed by atoms with van der Waals surface area (Å²) in [6.07, 6.45) is 0. The van der Waals surface area contributed by atoms with Crippen LogP contribution < -0.4 is 16.2 Å². The first-order valence-corrected chi connectivity index (χ1v) is 5.73. The maximum absolute atomic E-state index is 13.6. The summed E-state index contributed by atoms with van der Waals surface area (Å²) >= 11 is 0. The van der Waals surface area contributed by atoms with Crippen molar-refractivity contribution in [3.05, 3.63) is 59.9 Å². The lowest BCUT2D eigenvalue weighted by atomic mass is 10.1. The van der Waals surface area contributed by atoms with E-state index in [1.165, 1.54) is 23.2 Å². The van der Waals surface area contributed by atoms with Gasteiger partial charge in [-0.3, -0.25) is 15.2 Å². The molecule has 0 saturated heterocycles. The number of nitrogens with two attached hydrogens (primary N) is 1. The van der Waals surface area contributed by atoms with Crippen LogP contribution in [-0.2, 0) is 0 Å². The van der Waals surface area contributed by atoms with Crippen LogP contribution in [0.1, 0.15) is 10.4 Å². The fraction of sp³-hybridized carbons (Fsp3) is 0.0714. The zero-order chi connectivity index (χ0) is 13.8. The number of nitrogens with zero attached hydrogens (tertiary/aromatic N) is 1. The van der Waals surface area contributed by atoms with Crippen LogP contribution in [0.5, 0.6) is 0 Å². The van der Waals surface area contributed by atoms with Crippen molar-refractivity contribution < 1.29 is 9.18 Å². The van der Waals surface area contributed by atoms with Gasteiger partial charge in [0.1, 0.15) is 5.82 Å². The van der Waals surface area contributed by atoms with E-state index in [0.29, 0.717) is 0 Å². The van der Waals surface area contributed by atoms with Gasteiger partial charge >= 0.3 is 0 Å². The second kappa shape index (κ2) is 5.39. The van der Waals surface area contributed by atoms with E-state index in [1.807, 2.05) is 30.3 Å². The fourth-order valence-corrected chi connectivity index (χ4v) is 1.70. The Morgan fingerprint density at radius 1 is 1.16 bits per heavy atom. The zero-order valence-corrected chi connectivity index (χ0v) is 10.4. The van der Waals surface area contributed by atoms with Crippen LogP contribution in [0.25, 0.3) is 0 Å². The van der Waals surface area contributed by atoms with E-state index in [9.17, 15) is 9.18 Å². The van der Waals surface area contributed by atoms with Crippen LogP contribution in [0.2, 0.25) is 0 Å². The average Bonchev–Trinajstić information content (AvgIpc) is 2.39. The summed E-state index contributed by atoms with van der Waals surface area (Å²) in [5.74, 6) is -1.22. The van der Waals surface area contributed by atoms with Crippen molar-refractivity contribution in [2.75, 3.05) is 17.8 Å². The molecule has 0 unspecified atom stereocenters. The molecule has 0 heterocycles. The highest BCUT2D eigenvalue weighted by atomic mass is 19.1. The smallest absolute Gasteiger partial charge is 0.274 e. The Bertz CT molecular complexity index is 566. The van der Waals surface area contributed by atoms with Crippen LogP contribution in [0, 0.1) is 5.82 Å². The molecule has 3 N–H and O–H groups in total. The second-order valence-corrected chi connectivity index (χ2v) is 4.04. The summed E-state index contributed by atoms with van der Waals surface area (Å²) in [5, 5.41) is 1.51. The molecule has 0 atom stereocenters. The van der Waals surface area contributed by atoms with Crippen molar-refractivity contribution in [2.24, 2.45) is 0 Å². The Morgan fingerprint density at radius 2 is 1.84 bits per heavy atom. The molecular formula is C14H14FN3O. The van der Waals surface area contributed by atoms with Gasteiger partial charge in [0.15, 0.2) is 0 Å². The lowest BCUT2D eigenvalue weighted by Gasteiger charge is -2.20. The molecule has 98 valence electrons. The van der Waals surface area contributed by atoms with E-state index < -0.39 is 11.7 Å². The van der Waals surface area contributed by atoms with E-state index >= 15 is 0 Å². The number of hydrogen-bond acceptors (Lipinski definition) is 3. The van der Waals surface area contributed by atoms with Crippen LogP contribution in [0.4, 0.5) is 15.8 Å². The number of para-hydroxylation sites is 1. The molecule has 0 aliphatic rings. The third-order valence-electron chi connectivity index (χ3n) is 2.69. The summed E-state index contributed by atoms with van der Waals surface area (Å²) in [5.41, 5.74) is 8.93. The molecule has 0 spiro atoms. The third-order valence-corrected chi connectivity index (χ3v) is 2.69.